The highest BCUT2D eigenvalue weighted by Crippen LogP contribution is 2.34. The van der Waals surface area contributed by atoms with Crippen LogP contribution in [0.1, 0.15) is 39.4 Å². The zero-order valence-electron chi connectivity index (χ0n) is 19.9. The Kier molecular flexibility index (Phi) is 9.08. The second-order valence-corrected chi connectivity index (χ2v) is 8.22. The van der Waals surface area contributed by atoms with Crippen molar-refractivity contribution >= 4 is 23.6 Å². The predicted molar refractivity (Wildman–Crippen MR) is 130 cm³/mol. The maximum absolute atomic E-state index is 13.2. The largest absolute Gasteiger partial charge is 0.499 e. The molecule has 0 fully saturated rings. The summed E-state index contributed by atoms with van der Waals surface area (Å²) in [4.78, 5) is 8.15. The maximum atomic E-state index is 13.2. The summed E-state index contributed by atoms with van der Waals surface area (Å²) in [6.45, 7) is 5.95. The highest BCUT2D eigenvalue weighted by atomic mass is 32.2. The second-order valence-electron chi connectivity index (χ2n) is 7.12. The van der Waals surface area contributed by atoms with E-state index in [-0.39, 0.29) is 5.25 Å². The lowest BCUT2D eigenvalue weighted by Crippen LogP contribution is -2.14. The Morgan fingerprint density at radius 2 is 2.00 bits per heavy atom. The predicted octanol–water partition coefficient (Wildman–Crippen LogP) is 5.32. The lowest BCUT2D eigenvalue weighted by molar-refractivity contribution is 0.269. The van der Waals surface area contributed by atoms with Crippen molar-refractivity contribution in [2.45, 2.75) is 45.3 Å². The molecule has 11 heteroatoms. The minimum atomic E-state index is -0.455. The third kappa shape index (κ3) is 5.77. The molecule has 3 rings (SSSR count). The number of aromatic nitrogens is 5. The highest BCUT2D eigenvalue weighted by molar-refractivity contribution is 8.01. The Balaban J connectivity index is 1.99. The van der Waals surface area contributed by atoms with Crippen LogP contribution in [0, 0.1) is 5.82 Å². The first kappa shape index (κ1) is 25.3. The monoisotopic (exact) mass is 488 g/mol. The molecule has 3 aromatic rings. The molecule has 0 aliphatic carbocycles. The third-order valence-electron chi connectivity index (χ3n) is 5.03. The van der Waals surface area contributed by atoms with Crippen molar-refractivity contribution in [1.82, 2.24) is 24.7 Å². The average Bonchev–Trinajstić information content (AvgIpc) is 3.53. The van der Waals surface area contributed by atoms with Crippen LogP contribution in [-0.2, 0) is 15.9 Å². The van der Waals surface area contributed by atoms with Crippen LogP contribution < -0.4 is 4.72 Å². The number of anilines is 1. The Morgan fingerprint density at radius 3 is 2.56 bits per heavy atom. The van der Waals surface area contributed by atoms with Crippen LogP contribution in [0.15, 0.2) is 52.8 Å². The van der Waals surface area contributed by atoms with Gasteiger partial charge in [0.15, 0.2) is 11.6 Å². The van der Waals surface area contributed by atoms with E-state index in [1.165, 1.54) is 24.3 Å². The molecule has 3 aromatic heterocycles. The number of hydrogen-bond donors (Lipinski definition) is 1. The quantitative estimate of drug-likeness (QED) is 0.206. The topological polar surface area (TPSA) is 100 Å². The van der Waals surface area contributed by atoms with Crippen LogP contribution in [0.2, 0.25) is 0 Å². The lowest BCUT2D eigenvalue weighted by atomic mass is 10.2. The van der Waals surface area contributed by atoms with Crippen LogP contribution in [0.4, 0.5) is 10.3 Å². The Labute approximate surface area is 202 Å². The van der Waals surface area contributed by atoms with Gasteiger partial charge in [-0.1, -0.05) is 13.8 Å². The summed E-state index contributed by atoms with van der Waals surface area (Å²) in [6, 6.07) is 3.61. The van der Waals surface area contributed by atoms with Crippen LogP contribution in [0.25, 0.3) is 17.3 Å². The fourth-order valence-electron chi connectivity index (χ4n) is 3.31. The molecular formula is C23H29FN6O3S. The molecule has 3 heterocycles. The third-order valence-corrected chi connectivity index (χ3v) is 6.17. The summed E-state index contributed by atoms with van der Waals surface area (Å²) < 4.78 is 35.3. The molecule has 0 aromatic carbocycles. The Bertz CT molecular complexity index is 1110. The number of methoxy groups -OCH3 is 2. The number of nitrogens with zero attached hydrogens (tertiary/aromatic N) is 5. The van der Waals surface area contributed by atoms with E-state index in [1.54, 1.807) is 26.5 Å². The van der Waals surface area contributed by atoms with Crippen LogP contribution in [0.5, 0.6) is 0 Å². The molecule has 1 N–H and O–H groups in total. The number of hydrogen-bond acceptors (Lipinski definition) is 9. The van der Waals surface area contributed by atoms with Crippen molar-refractivity contribution in [2.24, 2.45) is 0 Å². The van der Waals surface area contributed by atoms with Gasteiger partial charge in [-0.25, -0.2) is 14.4 Å². The van der Waals surface area contributed by atoms with Crippen LogP contribution in [-0.4, -0.2) is 44.2 Å². The highest BCUT2D eigenvalue weighted by Gasteiger charge is 2.26. The average molecular weight is 489 g/mol. The van der Waals surface area contributed by atoms with Gasteiger partial charge in [-0.05, 0) is 43.5 Å². The van der Waals surface area contributed by atoms with Crippen molar-refractivity contribution < 1.29 is 18.3 Å². The van der Waals surface area contributed by atoms with Crippen molar-refractivity contribution in [1.29, 1.82) is 0 Å². The molecule has 9 nitrogen and oxygen atoms in total. The number of allylic oxidation sites excluding steroid dienone is 3. The van der Waals surface area contributed by atoms with Crippen molar-refractivity contribution in [3.05, 3.63) is 60.0 Å². The molecule has 0 radical (unpaired) electrons. The molecule has 34 heavy (non-hydrogen) atoms. The Morgan fingerprint density at radius 1 is 1.24 bits per heavy atom. The zero-order chi connectivity index (χ0) is 24.5. The summed E-state index contributed by atoms with van der Waals surface area (Å²) >= 11 is 1.47. The van der Waals surface area contributed by atoms with Gasteiger partial charge in [-0.3, -0.25) is 9.29 Å². The lowest BCUT2D eigenvalue weighted by Gasteiger charge is -2.20. The van der Waals surface area contributed by atoms with Gasteiger partial charge < -0.3 is 13.9 Å². The second kappa shape index (κ2) is 12.2. The minimum absolute atomic E-state index is 0.104. The van der Waals surface area contributed by atoms with E-state index in [4.69, 9.17) is 13.9 Å². The van der Waals surface area contributed by atoms with Gasteiger partial charge in [0.05, 0.1) is 32.9 Å². The maximum Gasteiger partial charge on any atom is 0.239 e. The number of rotatable bonds is 12. The normalized spacial score (nSPS) is 13.4. The van der Waals surface area contributed by atoms with E-state index in [9.17, 15) is 4.39 Å². The summed E-state index contributed by atoms with van der Waals surface area (Å²) in [5, 5.41) is 8.87. The summed E-state index contributed by atoms with van der Waals surface area (Å²) in [7, 11) is 3.23. The van der Waals surface area contributed by atoms with Crippen LogP contribution in [0.3, 0.4) is 0 Å². The minimum Gasteiger partial charge on any atom is -0.499 e. The van der Waals surface area contributed by atoms with Crippen LogP contribution >= 0.6 is 11.9 Å². The molecule has 182 valence electrons. The molecule has 0 spiro atoms. The van der Waals surface area contributed by atoms with Gasteiger partial charge in [0.2, 0.25) is 11.8 Å². The number of ether oxygens (including phenoxy) is 2. The fourth-order valence-corrected chi connectivity index (χ4v) is 4.12. The summed E-state index contributed by atoms with van der Waals surface area (Å²) in [6.07, 6.45) is 7.80. The molecule has 1 atom stereocenters. The number of halogens is 1. The molecule has 0 bridgehead atoms. The Hall–Kier alpha value is -3.34. The molecule has 0 saturated heterocycles. The first-order chi connectivity index (χ1) is 16.6. The fraction of sp³-hybridized carbons (Fsp3) is 0.391. The molecule has 0 aliphatic rings. The van der Waals surface area contributed by atoms with E-state index in [0.717, 1.165) is 6.42 Å². The van der Waals surface area contributed by atoms with E-state index in [1.807, 2.05) is 30.6 Å². The van der Waals surface area contributed by atoms with E-state index in [0.29, 0.717) is 53.4 Å². The zero-order valence-corrected chi connectivity index (χ0v) is 20.7. The van der Waals surface area contributed by atoms with Gasteiger partial charge in [0, 0.05) is 18.1 Å². The first-order valence-electron chi connectivity index (χ1n) is 10.9. The standard InChI is InChI=1S/C23H29FN6O3S/c1-6-16(12-20-25-13-15(24)14-26-20)34-29-23-28-27-22(19-10-9-11-33-19)30(23)21(17(7-2)31-4)18(8-3)32-5/h7,9-11,13-14,16H,6,8,12H2,1-5H3,(H,28,29)/b17-7+,21-18-. The van der Waals surface area contributed by atoms with Gasteiger partial charge in [-0.15, -0.1) is 10.2 Å². The molecular weight excluding hydrogens is 459 g/mol. The number of nitrogens with one attached hydrogen (secondary N) is 1. The SMILES string of the molecule is C/C=C(OC)\C(=C(/CC)OC)n1c(NSC(CC)Cc2ncc(F)cn2)nnc1-c1ccco1. The summed E-state index contributed by atoms with van der Waals surface area (Å²) in [5.74, 6) is 2.94. The van der Waals surface area contributed by atoms with Gasteiger partial charge in [0.1, 0.15) is 23.0 Å². The summed E-state index contributed by atoms with van der Waals surface area (Å²) in [5.41, 5.74) is 0.671. The van der Waals surface area contributed by atoms with E-state index >= 15 is 0 Å². The van der Waals surface area contributed by atoms with Crippen molar-refractivity contribution in [3.63, 3.8) is 0 Å². The van der Waals surface area contributed by atoms with Crippen molar-refractivity contribution in [3.8, 4) is 11.6 Å². The van der Waals surface area contributed by atoms with Crippen molar-refractivity contribution in [2.75, 3.05) is 18.9 Å². The van der Waals surface area contributed by atoms with E-state index in [2.05, 4.69) is 31.8 Å². The molecule has 0 saturated carbocycles. The first-order valence-corrected chi connectivity index (χ1v) is 11.8. The van der Waals surface area contributed by atoms with E-state index < -0.39 is 5.82 Å². The molecule has 0 aliphatic heterocycles. The number of furan rings is 1. The molecule has 0 amide bonds. The van der Waals surface area contributed by atoms with Gasteiger partial charge in [-0.2, -0.15) is 0 Å². The molecule has 1 unspecified atom stereocenters. The van der Waals surface area contributed by atoms with Gasteiger partial charge >= 0.3 is 0 Å². The van der Waals surface area contributed by atoms with Gasteiger partial charge in [0.25, 0.3) is 0 Å². The smallest absolute Gasteiger partial charge is 0.239 e.